The predicted octanol–water partition coefficient (Wildman–Crippen LogP) is 0.821. The first-order chi connectivity index (χ1) is 15.5. The zero-order valence-corrected chi connectivity index (χ0v) is 19.1. The first-order valence-electron chi connectivity index (χ1n) is 9.96. The lowest BCUT2D eigenvalue weighted by Gasteiger charge is -2.43. The molecule has 0 N–H and O–H groups in total. The van der Waals surface area contributed by atoms with E-state index in [0.717, 1.165) is 20.8 Å². The van der Waals surface area contributed by atoms with Crippen LogP contribution in [-0.2, 0) is 57.1 Å². The quantitative estimate of drug-likeness (QED) is 0.214. The van der Waals surface area contributed by atoms with Gasteiger partial charge in [-0.05, 0) is 26.3 Å². The molecule has 0 bridgehead atoms. The smallest absolute Gasteiger partial charge is 0.303 e. The summed E-state index contributed by atoms with van der Waals surface area (Å²) in [6.45, 7) is 7.85. The summed E-state index contributed by atoms with van der Waals surface area (Å²) in [5, 5.41) is 0. The van der Waals surface area contributed by atoms with Gasteiger partial charge in [-0.25, -0.2) is 0 Å². The van der Waals surface area contributed by atoms with Crippen LogP contribution >= 0.6 is 0 Å². The number of ether oxygens (including phenoxy) is 7. The fourth-order valence-corrected chi connectivity index (χ4v) is 3.27. The molecule has 2 rings (SSSR count). The Morgan fingerprint density at radius 1 is 0.939 bits per heavy atom. The molecule has 0 spiro atoms. The van der Waals surface area contributed by atoms with Crippen LogP contribution < -0.4 is 0 Å². The van der Waals surface area contributed by atoms with Crippen LogP contribution in [0.15, 0.2) is 22.9 Å². The molecule has 0 aromatic heterocycles. The first-order valence-corrected chi connectivity index (χ1v) is 9.96. The van der Waals surface area contributed by atoms with Crippen molar-refractivity contribution in [3.63, 3.8) is 0 Å². The van der Waals surface area contributed by atoms with E-state index in [1.165, 1.54) is 6.92 Å². The van der Waals surface area contributed by atoms with Crippen LogP contribution in [0.3, 0.4) is 0 Å². The minimum absolute atomic E-state index is 0.0669. The lowest BCUT2D eigenvalue weighted by molar-refractivity contribution is -0.298. The van der Waals surface area contributed by atoms with E-state index in [1.807, 2.05) is 0 Å². The number of carbonyl (C=O) groups excluding carboxylic acids is 5. The summed E-state index contributed by atoms with van der Waals surface area (Å²) in [6, 6.07) is 0. The Kier molecular flexibility index (Phi) is 8.57. The maximum atomic E-state index is 12.7. The van der Waals surface area contributed by atoms with Crippen LogP contribution in [0.2, 0.25) is 0 Å². The summed E-state index contributed by atoms with van der Waals surface area (Å²) >= 11 is 0. The standard InChI is InChI=1S/C21H26O12/c1-9(2)16-15(26)17(10(3)29-16)33-21-20(31-13(6)25)19(28-8-22)18(30-12(5)24)14(32-21)7-27-11(4)23/h8,14,18-21H,7H2,1-6H3/t14-,18+,19+,20-,21+/m1/s1. The van der Waals surface area contributed by atoms with Gasteiger partial charge in [-0.3, -0.25) is 24.0 Å². The highest BCUT2D eigenvalue weighted by Gasteiger charge is 2.53. The van der Waals surface area contributed by atoms with E-state index in [2.05, 4.69) is 0 Å². The van der Waals surface area contributed by atoms with Crippen molar-refractivity contribution in [3.05, 3.63) is 22.9 Å². The minimum Gasteiger partial charge on any atom is -0.463 e. The maximum Gasteiger partial charge on any atom is 0.303 e. The third-order valence-electron chi connectivity index (χ3n) is 4.53. The van der Waals surface area contributed by atoms with Gasteiger partial charge in [-0.2, -0.15) is 0 Å². The minimum atomic E-state index is -1.51. The summed E-state index contributed by atoms with van der Waals surface area (Å²) in [5.74, 6) is -2.78. The summed E-state index contributed by atoms with van der Waals surface area (Å²) in [6.07, 6.45) is -6.89. The Hall–Kier alpha value is -3.41. The second-order valence-corrected chi connectivity index (χ2v) is 7.45. The topological polar surface area (TPSA) is 150 Å². The molecule has 0 radical (unpaired) electrons. The Bertz CT molecular complexity index is 882. The Balaban J connectivity index is 2.46. The molecule has 5 atom stereocenters. The Morgan fingerprint density at radius 2 is 1.55 bits per heavy atom. The fraction of sp³-hybridized carbons (Fsp3) is 0.571. The molecule has 0 saturated carbocycles. The van der Waals surface area contributed by atoms with E-state index in [0.29, 0.717) is 5.57 Å². The van der Waals surface area contributed by atoms with Crippen LogP contribution in [0, 0.1) is 0 Å². The van der Waals surface area contributed by atoms with Crippen LogP contribution in [0.4, 0.5) is 0 Å². The highest BCUT2D eigenvalue weighted by molar-refractivity contribution is 6.08. The summed E-state index contributed by atoms with van der Waals surface area (Å²) < 4.78 is 37.5. The highest BCUT2D eigenvalue weighted by atomic mass is 16.7. The number of hydrogen-bond acceptors (Lipinski definition) is 12. The van der Waals surface area contributed by atoms with Gasteiger partial charge in [0.1, 0.15) is 18.5 Å². The molecular weight excluding hydrogens is 444 g/mol. The van der Waals surface area contributed by atoms with Gasteiger partial charge in [0, 0.05) is 20.8 Å². The van der Waals surface area contributed by atoms with E-state index < -0.39 is 61.0 Å². The van der Waals surface area contributed by atoms with Crippen LogP contribution in [0.1, 0.15) is 41.5 Å². The molecule has 12 nitrogen and oxygen atoms in total. The number of hydrogen-bond donors (Lipinski definition) is 0. The molecule has 1 fully saturated rings. The summed E-state index contributed by atoms with van der Waals surface area (Å²) in [5.41, 5.74) is 0.601. The van der Waals surface area contributed by atoms with Crippen LogP contribution in [0.25, 0.3) is 0 Å². The van der Waals surface area contributed by atoms with Crippen LogP contribution in [-0.4, -0.2) is 67.5 Å². The molecule has 0 aromatic rings. The lowest BCUT2D eigenvalue weighted by Crippen LogP contribution is -2.62. The van der Waals surface area contributed by atoms with Gasteiger partial charge >= 0.3 is 17.9 Å². The third kappa shape index (κ3) is 6.31. The second kappa shape index (κ2) is 10.9. The zero-order valence-electron chi connectivity index (χ0n) is 19.1. The Labute approximate surface area is 189 Å². The van der Waals surface area contributed by atoms with Gasteiger partial charge in [0.25, 0.3) is 12.3 Å². The molecule has 0 amide bonds. The molecule has 2 aliphatic rings. The van der Waals surface area contributed by atoms with Gasteiger partial charge < -0.3 is 33.2 Å². The zero-order chi connectivity index (χ0) is 24.9. The number of esters is 3. The van der Waals surface area contributed by atoms with E-state index >= 15 is 0 Å². The lowest BCUT2D eigenvalue weighted by atomic mass is 9.98. The van der Waals surface area contributed by atoms with Crippen LogP contribution in [0.5, 0.6) is 0 Å². The summed E-state index contributed by atoms with van der Waals surface area (Å²) in [7, 11) is 0. The normalized spacial score (nSPS) is 26.8. The molecule has 0 unspecified atom stereocenters. The van der Waals surface area contributed by atoms with E-state index in [4.69, 9.17) is 33.2 Å². The monoisotopic (exact) mass is 470 g/mol. The molecule has 2 aliphatic heterocycles. The number of Topliss-reactive ketones (excluding diaryl/α,β-unsaturated/α-hetero) is 1. The maximum absolute atomic E-state index is 12.7. The van der Waals surface area contributed by atoms with Crippen molar-refractivity contribution in [1.29, 1.82) is 0 Å². The predicted molar refractivity (Wildman–Crippen MR) is 106 cm³/mol. The largest absolute Gasteiger partial charge is 0.463 e. The van der Waals surface area contributed by atoms with Crippen molar-refractivity contribution in [1.82, 2.24) is 0 Å². The van der Waals surface area contributed by atoms with Crippen molar-refractivity contribution < 1.29 is 57.1 Å². The molecule has 2 heterocycles. The van der Waals surface area contributed by atoms with Gasteiger partial charge in [0.05, 0.1) is 0 Å². The van der Waals surface area contributed by atoms with Gasteiger partial charge in [0.15, 0.2) is 18.0 Å². The SMILES string of the molecule is CC(=O)OC[C@H]1O[C@@H](OC2=C(C)OC(=C(C)C)C2=O)[C@H](OC(C)=O)[C@@H](OC=O)[C@H]1OC(C)=O. The number of rotatable bonds is 8. The van der Waals surface area contributed by atoms with Crippen molar-refractivity contribution in [2.75, 3.05) is 6.61 Å². The van der Waals surface area contributed by atoms with Gasteiger partial charge in [0.2, 0.25) is 18.2 Å². The molecule has 33 heavy (non-hydrogen) atoms. The highest BCUT2D eigenvalue weighted by Crippen LogP contribution is 2.34. The molecule has 12 heteroatoms. The summed E-state index contributed by atoms with van der Waals surface area (Å²) in [4.78, 5) is 58.7. The molecule has 182 valence electrons. The number of allylic oxidation sites excluding steroid dienone is 2. The fourth-order valence-electron chi connectivity index (χ4n) is 3.27. The first kappa shape index (κ1) is 25.8. The number of carbonyl (C=O) groups is 5. The Morgan fingerprint density at radius 3 is 2.03 bits per heavy atom. The third-order valence-corrected chi connectivity index (χ3v) is 4.53. The second-order valence-electron chi connectivity index (χ2n) is 7.45. The number of ketones is 1. The van der Waals surface area contributed by atoms with Crippen molar-refractivity contribution >= 4 is 30.2 Å². The van der Waals surface area contributed by atoms with Crippen molar-refractivity contribution in [2.24, 2.45) is 0 Å². The van der Waals surface area contributed by atoms with E-state index in [1.54, 1.807) is 13.8 Å². The van der Waals surface area contributed by atoms with Crippen molar-refractivity contribution in [2.45, 2.75) is 72.2 Å². The van der Waals surface area contributed by atoms with Gasteiger partial charge in [-0.15, -0.1) is 0 Å². The average molecular weight is 470 g/mol. The molecule has 0 aromatic carbocycles. The molecule has 0 aliphatic carbocycles. The van der Waals surface area contributed by atoms with Crippen molar-refractivity contribution in [3.8, 4) is 0 Å². The molecular formula is C21H26O12. The van der Waals surface area contributed by atoms with E-state index in [-0.39, 0.29) is 23.7 Å². The average Bonchev–Trinajstić information content (AvgIpc) is 2.98. The van der Waals surface area contributed by atoms with Gasteiger partial charge in [-0.1, -0.05) is 0 Å². The molecule has 1 saturated heterocycles. The van der Waals surface area contributed by atoms with E-state index in [9.17, 15) is 24.0 Å².